The minimum absolute atomic E-state index is 0.243. The molecular weight excluding hydrogens is 480 g/mol. The molecule has 3 aromatic heterocycles. The predicted octanol–water partition coefficient (Wildman–Crippen LogP) is 5.44. The molecule has 0 amide bonds. The Morgan fingerprint density at radius 3 is 2.67 bits per heavy atom. The van der Waals surface area contributed by atoms with Gasteiger partial charge in [-0.05, 0) is 56.3 Å². The Labute approximate surface area is 211 Å². The standard InChI is InChI=1S/C25H21ClN8O2/c1-25(2)12-35-24(33-25)32-15-3-5-20-18(9-15)23(29-13-27-20)31-16-4-6-21(19(26)10-16)36-17-7-8-34-22(11-17)28-14-30-34/h3-11,13-14H,12H2,1-2H3,(H,32,33)(H,27,29,31). The molecule has 0 aliphatic carbocycles. The Kier molecular flexibility index (Phi) is 5.30. The number of amidine groups is 1. The zero-order valence-electron chi connectivity index (χ0n) is 19.4. The number of halogens is 1. The predicted molar refractivity (Wildman–Crippen MR) is 138 cm³/mol. The number of benzene rings is 2. The minimum atomic E-state index is -0.243. The molecule has 0 fully saturated rings. The van der Waals surface area contributed by atoms with Gasteiger partial charge in [-0.15, -0.1) is 0 Å². The zero-order valence-corrected chi connectivity index (χ0v) is 20.2. The van der Waals surface area contributed by atoms with Crippen molar-refractivity contribution in [2.24, 2.45) is 4.99 Å². The SMILES string of the molecule is CC1(C)COC(Nc2ccc3ncnc(Nc4ccc(Oc5ccn6ncnc6c5)c(Cl)c4)c3c2)=N1. The first-order valence-corrected chi connectivity index (χ1v) is 11.6. The summed E-state index contributed by atoms with van der Waals surface area (Å²) in [5.41, 5.74) is 2.81. The van der Waals surface area contributed by atoms with E-state index in [0.717, 1.165) is 22.3 Å². The Morgan fingerprint density at radius 1 is 0.972 bits per heavy atom. The van der Waals surface area contributed by atoms with E-state index < -0.39 is 0 Å². The molecule has 10 nitrogen and oxygen atoms in total. The van der Waals surface area contributed by atoms with Crippen LogP contribution in [0.2, 0.25) is 5.02 Å². The number of anilines is 3. The number of aromatic nitrogens is 5. The maximum Gasteiger partial charge on any atom is 0.289 e. The lowest BCUT2D eigenvalue weighted by Gasteiger charge is -2.12. The summed E-state index contributed by atoms with van der Waals surface area (Å²) in [6, 6.07) is 15.3. The number of pyridine rings is 1. The summed E-state index contributed by atoms with van der Waals surface area (Å²) >= 11 is 6.54. The van der Waals surface area contributed by atoms with Crippen molar-refractivity contribution in [3.05, 3.63) is 72.4 Å². The van der Waals surface area contributed by atoms with Gasteiger partial charge in [-0.25, -0.2) is 24.5 Å². The third-order valence-electron chi connectivity index (χ3n) is 5.53. The lowest BCUT2D eigenvalue weighted by molar-refractivity contribution is 0.278. The fourth-order valence-corrected chi connectivity index (χ4v) is 4.01. The van der Waals surface area contributed by atoms with Gasteiger partial charge in [-0.1, -0.05) is 11.6 Å². The molecule has 0 unspecified atom stereocenters. The van der Waals surface area contributed by atoms with E-state index in [-0.39, 0.29) is 5.54 Å². The molecule has 0 bridgehead atoms. The van der Waals surface area contributed by atoms with E-state index in [2.05, 4.69) is 35.7 Å². The molecule has 6 rings (SSSR count). The van der Waals surface area contributed by atoms with Gasteiger partial charge in [0.15, 0.2) is 5.65 Å². The molecule has 0 saturated carbocycles. The van der Waals surface area contributed by atoms with Gasteiger partial charge >= 0.3 is 0 Å². The van der Waals surface area contributed by atoms with Crippen LogP contribution in [0.1, 0.15) is 13.8 Å². The smallest absolute Gasteiger partial charge is 0.289 e. The molecular formula is C25H21ClN8O2. The highest BCUT2D eigenvalue weighted by molar-refractivity contribution is 6.32. The Hall–Kier alpha value is -4.44. The average Bonchev–Trinajstić information content (AvgIpc) is 3.46. The van der Waals surface area contributed by atoms with E-state index in [1.54, 1.807) is 35.0 Å². The van der Waals surface area contributed by atoms with Crippen molar-refractivity contribution in [3.8, 4) is 11.5 Å². The summed E-state index contributed by atoms with van der Waals surface area (Å²) in [6.45, 7) is 4.58. The summed E-state index contributed by atoms with van der Waals surface area (Å²) in [5.74, 6) is 1.77. The summed E-state index contributed by atoms with van der Waals surface area (Å²) < 4.78 is 13.3. The van der Waals surface area contributed by atoms with Gasteiger partial charge in [-0.2, -0.15) is 5.10 Å². The monoisotopic (exact) mass is 500 g/mol. The largest absolute Gasteiger partial charge is 0.462 e. The van der Waals surface area contributed by atoms with E-state index in [0.29, 0.717) is 40.6 Å². The van der Waals surface area contributed by atoms with Crippen LogP contribution in [0.5, 0.6) is 11.5 Å². The van der Waals surface area contributed by atoms with Crippen LogP contribution in [0.25, 0.3) is 16.6 Å². The number of nitrogens with one attached hydrogen (secondary N) is 2. The van der Waals surface area contributed by atoms with Crippen molar-refractivity contribution in [3.63, 3.8) is 0 Å². The third-order valence-corrected chi connectivity index (χ3v) is 5.82. The number of nitrogens with zero attached hydrogens (tertiary/aromatic N) is 6. The fraction of sp³-hybridized carbons (Fsp3) is 0.160. The van der Waals surface area contributed by atoms with Gasteiger partial charge < -0.3 is 20.1 Å². The van der Waals surface area contributed by atoms with E-state index >= 15 is 0 Å². The molecule has 0 atom stereocenters. The second kappa shape index (κ2) is 8.65. The summed E-state index contributed by atoms with van der Waals surface area (Å²) in [6.07, 6.45) is 4.78. The van der Waals surface area contributed by atoms with Gasteiger partial charge in [0.1, 0.15) is 36.6 Å². The highest BCUT2D eigenvalue weighted by atomic mass is 35.5. The van der Waals surface area contributed by atoms with Crippen LogP contribution in [-0.2, 0) is 4.74 Å². The van der Waals surface area contributed by atoms with Crippen LogP contribution in [0, 0.1) is 0 Å². The summed E-state index contributed by atoms with van der Waals surface area (Å²) in [5, 5.41) is 11.9. The minimum Gasteiger partial charge on any atom is -0.462 e. The number of rotatable bonds is 5. The van der Waals surface area contributed by atoms with Crippen molar-refractivity contribution in [2.45, 2.75) is 19.4 Å². The lowest BCUT2D eigenvalue weighted by atomic mass is 10.1. The zero-order chi connectivity index (χ0) is 24.7. The number of hydrogen-bond acceptors (Lipinski definition) is 9. The number of hydrogen-bond donors (Lipinski definition) is 2. The van der Waals surface area contributed by atoms with Crippen molar-refractivity contribution in [1.82, 2.24) is 24.6 Å². The number of ether oxygens (including phenoxy) is 2. The van der Waals surface area contributed by atoms with Gasteiger partial charge in [0, 0.05) is 29.0 Å². The van der Waals surface area contributed by atoms with Crippen molar-refractivity contribution < 1.29 is 9.47 Å². The van der Waals surface area contributed by atoms with E-state index in [9.17, 15) is 0 Å². The maximum absolute atomic E-state index is 6.54. The van der Waals surface area contributed by atoms with Crippen LogP contribution >= 0.6 is 11.6 Å². The highest BCUT2D eigenvalue weighted by Crippen LogP contribution is 2.34. The van der Waals surface area contributed by atoms with Crippen LogP contribution in [0.15, 0.2) is 72.4 Å². The molecule has 1 aliphatic heterocycles. The van der Waals surface area contributed by atoms with Crippen molar-refractivity contribution in [2.75, 3.05) is 17.2 Å². The summed E-state index contributed by atoms with van der Waals surface area (Å²) in [4.78, 5) is 17.5. The quantitative estimate of drug-likeness (QED) is 0.328. The molecule has 1 aliphatic rings. The second-order valence-corrected chi connectivity index (χ2v) is 9.30. The summed E-state index contributed by atoms with van der Waals surface area (Å²) in [7, 11) is 0. The topological polar surface area (TPSA) is 111 Å². The van der Waals surface area contributed by atoms with Gasteiger partial charge in [-0.3, -0.25) is 0 Å². The third kappa shape index (κ3) is 4.46. The molecule has 0 radical (unpaired) electrons. The number of fused-ring (bicyclic) bond motifs is 2. The molecule has 2 aromatic carbocycles. The first kappa shape index (κ1) is 22.1. The Morgan fingerprint density at radius 2 is 1.83 bits per heavy atom. The highest BCUT2D eigenvalue weighted by Gasteiger charge is 2.26. The van der Waals surface area contributed by atoms with Gasteiger partial charge in [0.25, 0.3) is 6.02 Å². The molecule has 36 heavy (non-hydrogen) atoms. The lowest BCUT2D eigenvalue weighted by Crippen LogP contribution is -2.17. The first-order chi connectivity index (χ1) is 17.4. The average molecular weight is 501 g/mol. The van der Waals surface area contributed by atoms with Crippen LogP contribution < -0.4 is 15.4 Å². The molecule has 0 saturated heterocycles. The number of aliphatic imine (C=N–C) groups is 1. The van der Waals surface area contributed by atoms with E-state index in [4.69, 9.17) is 21.1 Å². The van der Waals surface area contributed by atoms with Gasteiger partial charge in [0.05, 0.1) is 16.1 Å². The Bertz CT molecular complexity index is 1630. The van der Waals surface area contributed by atoms with E-state index in [1.165, 1.54) is 12.7 Å². The molecule has 4 heterocycles. The van der Waals surface area contributed by atoms with Crippen LogP contribution in [-0.4, -0.2) is 42.7 Å². The molecule has 11 heteroatoms. The fourth-order valence-electron chi connectivity index (χ4n) is 3.79. The molecule has 0 spiro atoms. The maximum atomic E-state index is 6.54. The van der Waals surface area contributed by atoms with Crippen molar-refractivity contribution in [1.29, 1.82) is 0 Å². The molecule has 5 aromatic rings. The van der Waals surface area contributed by atoms with Gasteiger partial charge in [0.2, 0.25) is 0 Å². The second-order valence-electron chi connectivity index (χ2n) is 8.89. The van der Waals surface area contributed by atoms with E-state index in [1.807, 2.05) is 38.1 Å². The molecule has 2 N–H and O–H groups in total. The molecule has 180 valence electrons. The normalized spacial score (nSPS) is 14.5. The Balaban J connectivity index is 1.23. The van der Waals surface area contributed by atoms with Crippen LogP contribution in [0.3, 0.4) is 0 Å². The van der Waals surface area contributed by atoms with Crippen LogP contribution in [0.4, 0.5) is 17.2 Å². The van der Waals surface area contributed by atoms with Crippen molar-refractivity contribution >= 4 is 51.4 Å². The first-order valence-electron chi connectivity index (χ1n) is 11.2.